The molecule has 110 valence electrons. The van der Waals surface area contributed by atoms with E-state index in [-0.39, 0.29) is 5.91 Å². The molecule has 21 heavy (non-hydrogen) atoms. The van der Waals surface area contributed by atoms with Crippen molar-refractivity contribution < 1.29 is 9.53 Å². The zero-order chi connectivity index (χ0) is 14.9. The van der Waals surface area contributed by atoms with Gasteiger partial charge in [0.1, 0.15) is 5.75 Å². The Morgan fingerprint density at radius 1 is 1.00 bits per heavy atom. The van der Waals surface area contributed by atoms with Crippen LogP contribution in [-0.4, -0.2) is 19.6 Å². The van der Waals surface area contributed by atoms with Crippen molar-refractivity contribution in [1.29, 1.82) is 0 Å². The summed E-state index contributed by atoms with van der Waals surface area (Å²) in [5.74, 6) is 1.11. The molecular formula is C18H21NO2. The van der Waals surface area contributed by atoms with Gasteiger partial charge in [0.15, 0.2) is 0 Å². The van der Waals surface area contributed by atoms with Crippen molar-refractivity contribution in [3.8, 4) is 5.75 Å². The highest BCUT2D eigenvalue weighted by atomic mass is 16.5. The van der Waals surface area contributed by atoms with Crippen molar-refractivity contribution in [3.63, 3.8) is 0 Å². The lowest BCUT2D eigenvalue weighted by atomic mass is 10.1. The van der Waals surface area contributed by atoms with Crippen LogP contribution in [0.3, 0.4) is 0 Å². The molecule has 0 radical (unpaired) electrons. The van der Waals surface area contributed by atoms with Crippen molar-refractivity contribution in [3.05, 3.63) is 65.7 Å². The molecule has 1 fully saturated rings. The van der Waals surface area contributed by atoms with Crippen LogP contribution in [0, 0.1) is 0 Å². The summed E-state index contributed by atoms with van der Waals surface area (Å²) in [6.45, 7) is 0.888. The van der Waals surface area contributed by atoms with E-state index in [0.29, 0.717) is 0 Å². The Bertz CT molecular complexity index is 541. The van der Waals surface area contributed by atoms with E-state index in [1.54, 1.807) is 7.11 Å². The summed E-state index contributed by atoms with van der Waals surface area (Å²) in [5.41, 5.74) is 2.64. The summed E-state index contributed by atoms with van der Waals surface area (Å²) >= 11 is 0. The highest BCUT2D eigenvalue weighted by molar-refractivity contribution is 5.77. The zero-order valence-corrected chi connectivity index (χ0v) is 12.3. The molecule has 1 heterocycles. The van der Waals surface area contributed by atoms with E-state index in [0.717, 1.165) is 31.6 Å². The van der Waals surface area contributed by atoms with Crippen molar-refractivity contribution in [2.45, 2.75) is 19.3 Å². The average Bonchev–Trinajstić information content (AvgIpc) is 3.01. The van der Waals surface area contributed by atoms with Gasteiger partial charge in [-0.05, 0) is 36.1 Å². The second kappa shape index (κ2) is 8.10. The van der Waals surface area contributed by atoms with Crippen molar-refractivity contribution in [2.24, 2.45) is 0 Å². The van der Waals surface area contributed by atoms with Crippen LogP contribution >= 0.6 is 0 Å². The van der Waals surface area contributed by atoms with Gasteiger partial charge in [-0.15, -0.1) is 0 Å². The summed E-state index contributed by atoms with van der Waals surface area (Å²) in [6.07, 6.45) is 2.74. The number of amides is 1. The van der Waals surface area contributed by atoms with Crippen LogP contribution in [0.25, 0.3) is 0 Å². The molecule has 2 aromatic rings. The van der Waals surface area contributed by atoms with Gasteiger partial charge in [-0.3, -0.25) is 4.79 Å². The predicted octanol–water partition coefficient (Wildman–Crippen LogP) is 3.18. The molecule has 0 aromatic heterocycles. The molecular weight excluding hydrogens is 262 g/mol. The number of ether oxygens (including phenoxy) is 1. The van der Waals surface area contributed by atoms with Gasteiger partial charge < -0.3 is 10.1 Å². The van der Waals surface area contributed by atoms with Crippen LogP contribution in [0.4, 0.5) is 0 Å². The number of rotatable bonds is 3. The highest BCUT2D eigenvalue weighted by Crippen LogP contribution is 2.14. The second-order valence-electron chi connectivity index (χ2n) is 4.96. The molecule has 3 rings (SSSR count). The van der Waals surface area contributed by atoms with Gasteiger partial charge in [-0.25, -0.2) is 0 Å². The number of nitrogens with one attached hydrogen (secondary N) is 1. The first-order valence-corrected chi connectivity index (χ1v) is 7.21. The highest BCUT2D eigenvalue weighted by Gasteiger charge is 2.05. The van der Waals surface area contributed by atoms with Gasteiger partial charge in [0.2, 0.25) is 5.91 Å². The molecule has 0 bridgehead atoms. The fourth-order valence-electron chi connectivity index (χ4n) is 2.14. The standard InChI is InChI=1S/C14H14O.C4H7NO/c1-15-14-9-7-13(8-10-14)11-12-5-3-2-4-6-12;6-4-2-1-3-5-4/h2-10H,11H2,1H3;1-3H2,(H,5,6). The number of hydrogen-bond donors (Lipinski definition) is 1. The first-order valence-electron chi connectivity index (χ1n) is 7.21. The zero-order valence-electron chi connectivity index (χ0n) is 12.3. The van der Waals surface area contributed by atoms with Crippen molar-refractivity contribution in [1.82, 2.24) is 5.32 Å². The Balaban J connectivity index is 0.000000225. The van der Waals surface area contributed by atoms with E-state index in [1.807, 2.05) is 18.2 Å². The molecule has 2 aromatic carbocycles. The molecule has 0 saturated carbocycles. The Kier molecular flexibility index (Phi) is 5.83. The molecule has 1 saturated heterocycles. The molecule has 1 aliphatic rings. The second-order valence-corrected chi connectivity index (χ2v) is 4.96. The Hall–Kier alpha value is -2.29. The summed E-state index contributed by atoms with van der Waals surface area (Å²) in [5, 5.41) is 2.68. The molecule has 1 aliphatic heterocycles. The number of hydrogen-bond acceptors (Lipinski definition) is 2. The largest absolute Gasteiger partial charge is 0.497 e. The van der Waals surface area contributed by atoms with Gasteiger partial charge in [0.05, 0.1) is 7.11 Å². The lowest BCUT2D eigenvalue weighted by Crippen LogP contribution is -2.12. The van der Waals surface area contributed by atoms with Crippen molar-refractivity contribution >= 4 is 5.91 Å². The minimum absolute atomic E-state index is 0.204. The maximum absolute atomic E-state index is 10.1. The normalized spacial score (nSPS) is 13.1. The lowest BCUT2D eigenvalue weighted by Gasteiger charge is -2.03. The molecule has 0 atom stereocenters. The minimum Gasteiger partial charge on any atom is -0.497 e. The fourth-order valence-corrected chi connectivity index (χ4v) is 2.14. The van der Waals surface area contributed by atoms with Crippen molar-refractivity contribution in [2.75, 3.05) is 13.7 Å². The minimum atomic E-state index is 0.204. The average molecular weight is 283 g/mol. The third kappa shape index (κ3) is 5.30. The summed E-state index contributed by atoms with van der Waals surface area (Å²) in [6, 6.07) is 18.7. The maximum atomic E-state index is 10.1. The molecule has 0 aliphatic carbocycles. The first kappa shape index (κ1) is 15.1. The van der Waals surface area contributed by atoms with Crippen LogP contribution in [0.1, 0.15) is 24.0 Å². The van der Waals surface area contributed by atoms with E-state index in [4.69, 9.17) is 4.74 Å². The first-order chi connectivity index (χ1) is 10.3. The lowest BCUT2D eigenvalue weighted by molar-refractivity contribution is -0.119. The topological polar surface area (TPSA) is 38.3 Å². The smallest absolute Gasteiger partial charge is 0.220 e. The third-order valence-corrected chi connectivity index (χ3v) is 3.31. The van der Waals surface area contributed by atoms with E-state index in [1.165, 1.54) is 11.1 Å². The van der Waals surface area contributed by atoms with E-state index >= 15 is 0 Å². The monoisotopic (exact) mass is 283 g/mol. The molecule has 1 N–H and O–H groups in total. The fraction of sp³-hybridized carbons (Fsp3) is 0.278. The van der Waals surface area contributed by atoms with E-state index < -0.39 is 0 Å². The van der Waals surface area contributed by atoms with Crippen LogP contribution in [0.5, 0.6) is 5.75 Å². The van der Waals surface area contributed by atoms with Gasteiger partial charge in [0, 0.05) is 13.0 Å². The van der Waals surface area contributed by atoms with Crippen LogP contribution < -0.4 is 10.1 Å². The molecule has 0 unspecified atom stereocenters. The Labute approximate surface area is 126 Å². The Morgan fingerprint density at radius 3 is 2.14 bits per heavy atom. The third-order valence-electron chi connectivity index (χ3n) is 3.31. The number of benzene rings is 2. The van der Waals surface area contributed by atoms with Gasteiger partial charge >= 0.3 is 0 Å². The number of carbonyl (C=O) groups excluding carboxylic acids is 1. The van der Waals surface area contributed by atoms with E-state index in [2.05, 4.69) is 41.7 Å². The quantitative estimate of drug-likeness (QED) is 0.939. The SMILES string of the molecule is COc1ccc(Cc2ccccc2)cc1.O=C1CCCN1. The number of carbonyl (C=O) groups is 1. The number of methoxy groups -OCH3 is 1. The van der Waals surface area contributed by atoms with Crippen LogP contribution in [0.15, 0.2) is 54.6 Å². The predicted molar refractivity (Wildman–Crippen MR) is 84.5 cm³/mol. The molecule has 3 nitrogen and oxygen atoms in total. The summed E-state index contributed by atoms with van der Waals surface area (Å²) in [7, 11) is 1.69. The molecule has 0 spiro atoms. The van der Waals surface area contributed by atoms with Gasteiger partial charge in [-0.1, -0.05) is 42.5 Å². The summed E-state index contributed by atoms with van der Waals surface area (Å²) in [4.78, 5) is 10.1. The van der Waals surface area contributed by atoms with Crippen LogP contribution in [-0.2, 0) is 11.2 Å². The van der Waals surface area contributed by atoms with Gasteiger partial charge in [0.25, 0.3) is 0 Å². The maximum Gasteiger partial charge on any atom is 0.220 e. The summed E-state index contributed by atoms with van der Waals surface area (Å²) < 4.78 is 5.12. The Morgan fingerprint density at radius 2 is 1.67 bits per heavy atom. The molecule has 1 amide bonds. The molecule has 3 heteroatoms. The van der Waals surface area contributed by atoms with Gasteiger partial charge in [-0.2, -0.15) is 0 Å². The van der Waals surface area contributed by atoms with Crippen LogP contribution in [0.2, 0.25) is 0 Å². The van der Waals surface area contributed by atoms with E-state index in [9.17, 15) is 4.79 Å².